The molecule has 1 fully saturated rings. The van der Waals surface area contributed by atoms with Gasteiger partial charge < -0.3 is 9.88 Å². The molecule has 1 aliphatic carbocycles. The Bertz CT molecular complexity index is 555. The van der Waals surface area contributed by atoms with Gasteiger partial charge in [0.1, 0.15) is 11.6 Å². The summed E-state index contributed by atoms with van der Waals surface area (Å²) in [5.41, 5.74) is 1.16. The van der Waals surface area contributed by atoms with E-state index >= 15 is 0 Å². The molecule has 112 valence electrons. The van der Waals surface area contributed by atoms with E-state index in [2.05, 4.69) is 51.3 Å². The molecule has 0 amide bonds. The van der Waals surface area contributed by atoms with Crippen LogP contribution in [0.2, 0.25) is 0 Å². The molecule has 0 atom stereocenters. The van der Waals surface area contributed by atoms with E-state index in [1.165, 1.54) is 32.1 Å². The van der Waals surface area contributed by atoms with Gasteiger partial charge in [-0.15, -0.1) is 10.2 Å². The van der Waals surface area contributed by atoms with Crippen molar-refractivity contribution < 1.29 is 0 Å². The quantitative estimate of drug-likeness (QED) is 0.909. The van der Waals surface area contributed by atoms with Gasteiger partial charge in [-0.2, -0.15) is 0 Å². The lowest BCUT2D eigenvalue weighted by molar-refractivity contribution is 0.341. The molecule has 1 N–H and O–H groups in total. The Morgan fingerprint density at radius 1 is 1.10 bits per heavy atom. The summed E-state index contributed by atoms with van der Waals surface area (Å²) in [6, 6.07) is 10.9. The zero-order chi connectivity index (χ0) is 14.5. The lowest BCUT2D eigenvalue weighted by atomic mass is 9.95. The SMILES string of the molecule is Cc1nnc(CCNc2ccccc2)n1C1CCCCC1. The van der Waals surface area contributed by atoms with Crippen LogP contribution in [0.25, 0.3) is 0 Å². The molecule has 0 radical (unpaired) electrons. The van der Waals surface area contributed by atoms with Crippen molar-refractivity contribution in [3.8, 4) is 0 Å². The monoisotopic (exact) mass is 284 g/mol. The van der Waals surface area contributed by atoms with E-state index in [1.807, 2.05) is 6.07 Å². The molecule has 4 heteroatoms. The Morgan fingerprint density at radius 2 is 1.86 bits per heavy atom. The largest absolute Gasteiger partial charge is 0.385 e. The molecule has 0 aliphatic heterocycles. The topological polar surface area (TPSA) is 42.7 Å². The first-order chi connectivity index (χ1) is 10.3. The molecule has 1 heterocycles. The number of para-hydroxylation sites is 1. The average Bonchev–Trinajstić information content (AvgIpc) is 2.90. The molecule has 3 rings (SSSR count). The molecule has 1 saturated carbocycles. The summed E-state index contributed by atoms with van der Waals surface area (Å²) in [6.07, 6.45) is 7.53. The molecular formula is C17H24N4. The third-order valence-corrected chi connectivity index (χ3v) is 4.33. The van der Waals surface area contributed by atoms with E-state index in [4.69, 9.17) is 0 Å². The highest BCUT2D eigenvalue weighted by Crippen LogP contribution is 2.29. The predicted octanol–water partition coefficient (Wildman–Crippen LogP) is 3.75. The summed E-state index contributed by atoms with van der Waals surface area (Å²) >= 11 is 0. The summed E-state index contributed by atoms with van der Waals surface area (Å²) in [4.78, 5) is 0. The number of anilines is 1. The first-order valence-corrected chi connectivity index (χ1v) is 8.04. The number of benzene rings is 1. The molecule has 1 aromatic carbocycles. The lowest BCUT2D eigenvalue weighted by Gasteiger charge is -2.25. The third-order valence-electron chi connectivity index (χ3n) is 4.33. The van der Waals surface area contributed by atoms with Crippen LogP contribution in [0.3, 0.4) is 0 Å². The number of aromatic nitrogens is 3. The van der Waals surface area contributed by atoms with Gasteiger partial charge in [-0.3, -0.25) is 0 Å². The van der Waals surface area contributed by atoms with Gasteiger partial charge in [0, 0.05) is 24.7 Å². The summed E-state index contributed by atoms with van der Waals surface area (Å²) in [7, 11) is 0. The summed E-state index contributed by atoms with van der Waals surface area (Å²) in [5.74, 6) is 2.19. The van der Waals surface area contributed by atoms with Crippen molar-refractivity contribution in [2.45, 2.75) is 51.5 Å². The number of nitrogens with one attached hydrogen (secondary N) is 1. The molecule has 21 heavy (non-hydrogen) atoms. The number of hydrogen-bond donors (Lipinski definition) is 1. The van der Waals surface area contributed by atoms with Crippen LogP contribution >= 0.6 is 0 Å². The molecule has 1 aliphatic rings. The number of nitrogens with zero attached hydrogens (tertiary/aromatic N) is 3. The maximum absolute atomic E-state index is 4.40. The molecule has 0 spiro atoms. The van der Waals surface area contributed by atoms with Crippen LogP contribution in [0.4, 0.5) is 5.69 Å². The first kappa shape index (κ1) is 14.1. The fraction of sp³-hybridized carbons (Fsp3) is 0.529. The maximum Gasteiger partial charge on any atom is 0.135 e. The molecule has 0 bridgehead atoms. The van der Waals surface area contributed by atoms with E-state index in [0.717, 1.165) is 30.3 Å². The second-order valence-corrected chi connectivity index (χ2v) is 5.87. The third kappa shape index (κ3) is 3.43. The standard InChI is InChI=1S/C17H24N4/c1-14-19-20-17(21(14)16-10-6-3-7-11-16)12-13-18-15-8-4-2-5-9-15/h2,4-5,8-9,16,18H,3,6-7,10-13H2,1H3. The second kappa shape index (κ2) is 6.74. The number of hydrogen-bond acceptors (Lipinski definition) is 3. The zero-order valence-corrected chi connectivity index (χ0v) is 12.8. The normalized spacial score (nSPS) is 16.0. The van der Waals surface area contributed by atoms with Crippen LogP contribution in [0.15, 0.2) is 30.3 Å². The van der Waals surface area contributed by atoms with Gasteiger partial charge >= 0.3 is 0 Å². The molecule has 0 unspecified atom stereocenters. The minimum Gasteiger partial charge on any atom is -0.385 e. The Hall–Kier alpha value is -1.84. The number of aryl methyl sites for hydroxylation is 1. The van der Waals surface area contributed by atoms with Crippen molar-refractivity contribution in [2.75, 3.05) is 11.9 Å². The fourth-order valence-corrected chi connectivity index (χ4v) is 3.27. The second-order valence-electron chi connectivity index (χ2n) is 5.87. The Morgan fingerprint density at radius 3 is 2.62 bits per heavy atom. The van der Waals surface area contributed by atoms with Crippen LogP contribution < -0.4 is 5.32 Å². The fourth-order valence-electron chi connectivity index (χ4n) is 3.27. The van der Waals surface area contributed by atoms with Crippen molar-refractivity contribution in [3.63, 3.8) is 0 Å². The van der Waals surface area contributed by atoms with Gasteiger partial charge in [0.15, 0.2) is 0 Å². The summed E-state index contributed by atoms with van der Waals surface area (Å²) < 4.78 is 2.38. The smallest absolute Gasteiger partial charge is 0.135 e. The van der Waals surface area contributed by atoms with Crippen LogP contribution in [0.1, 0.15) is 49.8 Å². The maximum atomic E-state index is 4.40. The summed E-state index contributed by atoms with van der Waals surface area (Å²) in [5, 5.41) is 12.1. The highest BCUT2D eigenvalue weighted by molar-refractivity contribution is 5.42. The van der Waals surface area contributed by atoms with Gasteiger partial charge in [-0.1, -0.05) is 37.5 Å². The molecule has 0 saturated heterocycles. The van der Waals surface area contributed by atoms with Gasteiger partial charge in [-0.05, 0) is 31.9 Å². The Labute approximate surface area is 126 Å². The van der Waals surface area contributed by atoms with Gasteiger partial charge in [-0.25, -0.2) is 0 Å². The van der Waals surface area contributed by atoms with Gasteiger partial charge in [0.25, 0.3) is 0 Å². The molecule has 4 nitrogen and oxygen atoms in total. The molecular weight excluding hydrogens is 260 g/mol. The van der Waals surface area contributed by atoms with Gasteiger partial charge in [0.05, 0.1) is 0 Å². The Kier molecular flexibility index (Phi) is 4.53. The van der Waals surface area contributed by atoms with Crippen molar-refractivity contribution in [2.24, 2.45) is 0 Å². The van der Waals surface area contributed by atoms with E-state index in [1.54, 1.807) is 0 Å². The van der Waals surface area contributed by atoms with E-state index in [-0.39, 0.29) is 0 Å². The minimum absolute atomic E-state index is 0.612. The van der Waals surface area contributed by atoms with Crippen molar-refractivity contribution >= 4 is 5.69 Å². The van der Waals surface area contributed by atoms with Crippen LogP contribution in [-0.4, -0.2) is 21.3 Å². The van der Waals surface area contributed by atoms with Crippen molar-refractivity contribution in [3.05, 3.63) is 42.0 Å². The Balaban J connectivity index is 1.63. The van der Waals surface area contributed by atoms with E-state index in [0.29, 0.717) is 6.04 Å². The van der Waals surface area contributed by atoms with Crippen molar-refractivity contribution in [1.82, 2.24) is 14.8 Å². The van der Waals surface area contributed by atoms with Crippen molar-refractivity contribution in [1.29, 1.82) is 0 Å². The van der Waals surface area contributed by atoms with E-state index in [9.17, 15) is 0 Å². The van der Waals surface area contributed by atoms with Crippen LogP contribution in [0.5, 0.6) is 0 Å². The zero-order valence-electron chi connectivity index (χ0n) is 12.8. The highest BCUT2D eigenvalue weighted by atomic mass is 15.3. The first-order valence-electron chi connectivity index (χ1n) is 8.04. The minimum atomic E-state index is 0.612. The van der Waals surface area contributed by atoms with Gasteiger partial charge in [0.2, 0.25) is 0 Å². The lowest BCUT2D eigenvalue weighted by Crippen LogP contribution is -2.18. The van der Waals surface area contributed by atoms with Crippen LogP contribution in [0, 0.1) is 6.92 Å². The molecule has 2 aromatic rings. The molecule has 1 aromatic heterocycles. The highest BCUT2D eigenvalue weighted by Gasteiger charge is 2.20. The summed E-state index contributed by atoms with van der Waals surface area (Å²) in [6.45, 7) is 2.98. The predicted molar refractivity (Wildman–Crippen MR) is 85.5 cm³/mol. The van der Waals surface area contributed by atoms with E-state index < -0.39 is 0 Å². The number of rotatable bonds is 5. The average molecular weight is 284 g/mol. The van der Waals surface area contributed by atoms with Crippen LogP contribution in [-0.2, 0) is 6.42 Å².